The topological polar surface area (TPSA) is 77.8 Å². The lowest BCUT2D eigenvalue weighted by Gasteiger charge is -2.62. The molecule has 10 atom stereocenters. The Hall–Kier alpha value is -0.710. The molecule has 0 bridgehead atoms. The number of aliphatic hydroxyl groups excluding tert-OH is 2. The van der Waals surface area contributed by atoms with Crippen molar-refractivity contribution in [2.75, 3.05) is 0 Å². The smallest absolute Gasteiger partial charge is 0.159 e. The zero-order valence-corrected chi connectivity index (χ0v) is 21.7. The Morgan fingerprint density at radius 3 is 2.12 bits per heavy atom. The van der Waals surface area contributed by atoms with Crippen LogP contribution in [0.4, 0.5) is 0 Å². The molecule has 0 aromatic carbocycles. The van der Waals surface area contributed by atoms with Crippen LogP contribution in [0.15, 0.2) is 11.6 Å². The number of ketones is 1. The van der Waals surface area contributed by atoms with E-state index in [0.717, 1.165) is 51.4 Å². The summed E-state index contributed by atoms with van der Waals surface area (Å²) in [5, 5.41) is 32.7. The van der Waals surface area contributed by atoms with Crippen molar-refractivity contribution in [1.29, 1.82) is 0 Å². The van der Waals surface area contributed by atoms with Crippen LogP contribution in [-0.2, 0) is 4.79 Å². The van der Waals surface area contributed by atoms with E-state index in [1.54, 1.807) is 0 Å². The highest BCUT2D eigenvalue weighted by atomic mass is 16.3. The minimum absolute atomic E-state index is 0.0100. The molecule has 5 aliphatic rings. The minimum Gasteiger partial charge on any atom is -0.393 e. The number of rotatable bonds is 0. The van der Waals surface area contributed by atoms with Crippen molar-refractivity contribution in [1.82, 2.24) is 0 Å². The minimum atomic E-state index is -1.02. The fourth-order valence-corrected chi connectivity index (χ4v) is 10.5. The number of carbonyl (C=O) groups excluding carboxylic acids is 1. The van der Waals surface area contributed by atoms with Gasteiger partial charge in [-0.2, -0.15) is 0 Å². The first-order valence-electron chi connectivity index (χ1n) is 13.5. The molecule has 0 aromatic heterocycles. The fourth-order valence-electron chi connectivity index (χ4n) is 10.5. The highest BCUT2D eigenvalue weighted by Crippen LogP contribution is 2.68. The maximum atomic E-state index is 13.6. The van der Waals surface area contributed by atoms with Gasteiger partial charge in [-0.15, -0.1) is 0 Å². The highest BCUT2D eigenvalue weighted by Gasteiger charge is 2.64. The molecule has 5 rings (SSSR count). The lowest BCUT2D eigenvalue weighted by atomic mass is 9.44. The van der Waals surface area contributed by atoms with Crippen molar-refractivity contribution in [3.05, 3.63) is 11.6 Å². The lowest BCUT2D eigenvalue weighted by molar-refractivity contribution is -0.214. The Bertz CT molecular complexity index is 873. The van der Waals surface area contributed by atoms with Crippen LogP contribution in [0, 0.1) is 45.3 Å². The quantitative estimate of drug-likeness (QED) is 0.475. The number of aliphatic hydroxyl groups is 3. The van der Waals surface area contributed by atoms with Crippen LogP contribution in [0.1, 0.15) is 99.3 Å². The summed E-state index contributed by atoms with van der Waals surface area (Å²) >= 11 is 0. The second-order valence-electron chi connectivity index (χ2n) is 14.3. The third-order valence-corrected chi connectivity index (χ3v) is 12.2. The summed E-state index contributed by atoms with van der Waals surface area (Å²) in [7, 11) is 0. The first-order chi connectivity index (χ1) is 15.2. The molecule has 0 saturated heterocycles. The van der Waals surface area contributed by atoms with Gasteiger partial charge in [-0.05, 0) is 105 Å². The third-order valence-electron chi connectivity index (χ3n) is 12.2. The molecule has 0 radical (unpaired) electrons. The number of allylic oxidation sites excluding steroid dienone is 2. The van der Waals surface area contributed by atoms with Gasteiger partial charge in [-0.25, -0.2) is 0 Å². The van der Waals surface area contributed by atoms with Crippen molar-refractivity contribution in [2.24, 2.45) is 45.3 Å². The van der Waals surface area contributed by atoms with E-state index in [9.17, 15) is 20.1 Å². The van der Waals surface area contributed by atoms with Crippen LogP contribution in [0.25, 0.3) is 0 Å². The summed E-state index contributed by atoms with van der Waals surface area (Å²) < 4.78 is 0. The number of carbonyl (C=O) groups is 1. The van der Waals surface area contributed by atoms with Gasteiger partial charge in [0.15, 0.2) is 5.78 Å². The van der Waals surface area contributed by atoms with Gasteiger partial charge in [-0.3, -0.25) is 4.79 Å². The molecular weight excluding hydrogens is 412 g/mol. The second-order valence-corrected chi connectivity index (χ2v) is 14.3. The van der Waals surface area contributed by atoms with Gasteiger partial charge in [0.1, 0.15) is 0 Å². The van der Waals surface area contributed by atoms with E-state index in [-0.39, 0.29) is 33.9 Å². The summed E-state index contributed by atoms with van der Waals surface area (Å²) in [4.78, 5) is 13.6. The summed E-state index contributed by atoms with van der Waals surface area (Å²) in [5.74, 6) is 1.11. The SMILES string of the molecule is CC1(C)[C@H](O)CC[C@]2(C)[C@H]3CC[C@H]4[C@@](C)(CC[C@H]5[C@@](C)(O)[C@H](O)CC[C@]45C)CC3=CC(=O)[C@@H]12. The van der Waals surface area contributed by atoms with Gasteiger partial charge >= 0.3 is 0 Å². The predicted molar refractivity (Wildman–Crippen MR) is 129 cm³/mol. The molecule has 4 fully saturated rings. The average molecular weight is 459 g/mol. The van der Waals surface area contributed by atoms with Gasteiger partial charge in [0.2, 0.25) is 0 Å². The molecule has 4 nitrogen and oxygen atoms in total. The lowest BCUT2D eigenvalue weighted by Crippen LogP contribution is -2.62. The van der Waals surface area contributed by atoms with Gasteiger partial charge in [-0.1, -0.05) is 40.2 Å². The maximum absolute atomic E-state index is 13.6. The Kier molecular flexibility index (Phi) is 5.21. The van der Waals surface area contributed by atoms with Crippen molar-refractivity contribution < 1.29 is 20.1 Å². The Morgan fingerprint density at radius 1 is 0.788 bits per heavy atom. The van der Waals surface area contributed by atoms with E-state index < -0.39 is 23.2 Å². The number of hydrogen-bond acceptors (Lipinski definition) is 4. The maximum Gasteiger partial charge on any atom is 0.159 e. The molecule has 0 amide bonds. The average Bonchev–Trinajstić information content (AvgIpc) is 2.85. The largest absolute Gasteiger partial charge is 0.393 e. The molecule has 4 heteroatoms. The van der Waals surface area contributed by atoms with E-state index >= 15 is 0 Å². The van der Waals surface area contributed by atoms with Crippen LogP contribution in [0.3, 0.4) is 0 Å². The van der Waals surface area contributed by atoms with Crippen LogP contribution >= 0.6 is 0 Å². The molecule has 4 saturated carbocycles. The van der Waals surface area contributed by atoms with Crippen molar-refractivity contribution in [3.63, 3.8) is 0 Å². The van der Waals surface area contributed by atoms with Crippen molar-refractivity contribution in [3.8, 4) is 0 Å². The van der Waals surface area contributed by atoms with Crippen molar-refractivity contribution >= 4 is 5.78 Å². The van der Waals surface area contributed by atoms with E-state index in [0.29, 0.717) is 18.3 Å². The Morgan fingerprint density at radius 2 is 1.42 bits per heavy atom. The molecule has 0 unspecified atom stereocenters. The predicted octanol–water partition coefficient (Wildman–Crippen LogP) is 5.04. The molecule has 5 aliphatic carbocycles. The second kappa shape index (κ2) is 7.17. The van der Waals surface area contributed by atoms with Crippen LogP contribution in [0.5, 0.6) is 0 Å². The third kappa shape index (κ3) is 3.08. The van der Waals surface area contributed by atoms with Gasteiger partial charge in [0.05, 0.1) is 17.8 Å². The normalized spacial score (nSPS) is 55.9. The van der Waals surface area contributed by atoms with Crippen LogP contribution < -0.4 is 0 Å². The van der Waals surface area contributed by atoms with Gasteiger partial charge in [0.25, 0.3) is 0 Å². The first-order valence-corrected chi connectivity index (χ1v) is 13.5. The highest BCUT2D eigenvalue weighted by molar-refractivity contribution is 5.95. The van der Waals surface area contributed by atoms with Crippen LogP contribution in [-0.4, -0.2) is 38.9 Å². The van der Waals surface area contributed by atoms with Crippen LogP contribution in [0.2, 0.25) is 0 Å². The van der Waals surface area contributed by atoms with Gasteiger partial charge < -0.3 is 15.3 Å². The van der Waals surface area contributed by atoms with E-state index in [1.165, 1.54) is 5.57 Å². The summed E-state index contributed by atoms with van der Waals surface area (Å²) in [6.45, 7) is 13.2. The molecule has 0 aromatic rings. The Balaban J connectivity index is 1.54. The zero-order chi connectivity index (χ0) is 24.2. The summed E-state index contributed by atoms with van der Waals surface area (Å²) in [5.41, 5.74) is -0.0238. The first kappa shape index (κ1) is 24.0. The van der Waals surface area contributed by atoms with Crippen molar-refractivity contribution in [2.45, 2.75) is 117 Å². The standard InChI is InChI=1S/C29H46O4/c1-25(2)22(31)10-13-27(4)18-7-8-20-26(3,16-17(18)15-19(30)24(25)27)12-9-21-28(20,5)14-11-23(32)29(21,6)33/h15,18,20-24,31-33H,7-14,16H2,1-6H3/t18-,20-,21+,22+,23+,24-,26-,27+,28+,29+/m0/s1. The number of fused-ring (bicyclic) bond motifs is 6. The van der Waals surface area contributed by atoms with E-state index in [4.69, 9.17) is 0 Å². The monoisotopic (exact) mass is 458 g/mol. The van der Waals surface area contributed by atoms with E-state index in [1.807, 2.05) is 13.0 Å². The number of hydrogen-bond donors (Lipinski definition) is 3. The molecule has 0 aliphatic heterocycles. The molecule has 0 spiro atoms. The molecule has 33 heavy (non-hydrogen) atoms. The summed E-state index contributed by atoms with van der Waals surface area (Å²) in [6, 6.07) is 0. The molecule has 3 N–H and O–H groups in total. The fraction of sp³-hybridized carbons (Fsp3) is 0.897. The van der Waals surface area contributed by atoms with E-state index in [2.05, 4.69) is 34.6 Å². The van der Waals surface area contributed by atoms with Gasteiger partial charge in [0, 0.05) is 11.3 Å². The summed E-state index contributed by atoms with van der Waals surface area (Å²) in [6.07, 6.45) is 9.45. The zero-order valence-electron chi connectivity index (χ0n) is 21.7. The molecular formula is C29H46O4. The molecule has 186 valence electrons. The Labute approximate surface area is 200 Å². The molecule has 0 heterocycles.